The molecule has 1 fully saturated rings. The number of anilines is 1. The van der Waals surface area contributed by atoms with Crippen LogP contribution in [0.15, 0.2) is 60.1 Å². The van der Waals surface area contributed by atoms with E-state index in [1.54, 1.807) is 17.5 Å². The van der Waals surface area contributed by atoms with Crippen LogP contribution >= 0.6 is 11.3 Å². The molecule has 0 amide bonds. The third kappa shape index (κ3) is 2.76. The third-order valence-corrected chi connectivity index (χ3v) is 5.20. The number of pyridine rings is 1. The topological polar surface area (TPSA) is 50.7 Å². The van der Waals surface area contributed by atoms with Crippen molar-refractivity contribution in [3.63, 3.8) is 0 Å². The zero-order valence-corrected chi connectivity index (χ0v) is 14.3. The summed E-state index contributed by atoms with van der Waals surface area (Å²) in [6.45, 7) is 0. The van der Waals surface area contributed by atoms with E-state index in [0.717, 1.165) is 21.7 Å². The van der Waals surface area contributed by atoms with Crippen LogP contribution in [0, 0.1) is 0 Å². The number of thiophene rings is 1. The summed E-state index contributed by atoms with van der Waals surface area (Å²) in [7, 11) is 0. The zero-order valence-electron chi connectivity index (χ0n) is 13.5. The van der Waals surface area contributed by atoms with Gasteiger partial charge in [0, 0.05) is 23.2 Å². The van der Waals surface area contributed by atoms with E-state index in [1.807, 2.05) is 24.3 Å². The lowest BCUT2D eigenvalue weighted by molar-refractivity contribution is 1.10. The van der Waals surface area contributed by atoms with Crippen LogP contribution < -0.4 is 5.32 Å². The molecule has 0 spiro atoms. The van der Waals surface area contributed by atoms with Gasteiger partial charge in [-0.15, -0.1) is 11.3 Å². The molecule has 0 radical (unpaired) electrons. The van der Waals surface area contributed by atoms with Crippen molar-refractivity contribution in [2.24, 2.45) is 0 Å². The first kappa shape index (κ1) is 14.5. The van der Waals surface area contributed by atoms with E-state index in [0.29, 0.717) is 11.9 Å². The van der Waals surface area contributed by atoms with E-state index in [9.17, 15) is 0 Å². The average Bonchev–Trinajstić information content (AvgIpc) is 3.38. The second-order valence-corrected chi connectivity index (χ2v) is 7.08. The van der Waals surface area contributed by atoms with Gasteiger partial charge in [-0.05, 0) is 30.5 Å². The van der Waals surface area contributed by atoms with Gasteiger partial charge in [-0.1, -0.05) is 36.4 Å². The highest BCUT2D eigenvalue weighted by Gasteiger charge is 2.24. The molecule has 1 aliphatic carbocycles. The van der Waals surface area contributed by atoms with Gasteiger partial charge >= 0.3 is 0 Å². The van der Waals surface area contributed by atoms with Crippen molar-refractivity contribution in [1.29, 1.82) is 0 Å². The summed E-state index contributed by atoms with van der Waals surface area (Å²) in [6, 6.07) is 16.8. The maximum atomic E-state index is 4.83. The summed E-state index contributed by atoms with van der Waals surface area (Å²) in [5.41, 5.74) is 3.19. The molecule has 0 unspecified atom stereocenters. The number of hydrogen-bond acceptors (Lipinski definition) is 5. The molecule has 4 nitrogen and oxygen atoms in total. The van der Waals surface area contributed by atoms with Crippen LogP contribution in [0.5, 0.6) is 0 Å². The van der Waals surface area contributed by atoms with Crippen molar-refractivity contribution in [3.05, 3.63) is 60.1 Å². The number of nitrogens with zero attached hydrogens (tertiary/aromatic N) is 3. The molecule has 25 heavy (non-hydrogen) atoms. The second kappa shape index (κ2) is 5.93. The Morgan fingerprint density at radius 3 is 2.56 bits per heavy atom. The number of rotatable bonds is 4. The van der Waals surface area contributed by atoms with Gasteiger partial charge in [0.2, 0.25) is 0 Å². The van der Waals surface area contributed by atoms with Crippen molar-refractivity contribution < 1.29 is 0 Å². The van der Waals surface area contributed by atoms with Crippen molar-refractivity contribution in [2.45, 2.75) is 18.9 Å². The molecule has 0 atom stereocenters. The number of benzene rings is 1. The van der Waals surface area contributed by atoms with Crippen LogP contribution in [0.25, 0.3) is 32.9 Å². The van der Waals surface area contributed by atoms with Crippen LogP contribution in [0.1, 0.15) is 12.8 Å². The monoisotopic (exact) mass is 344 g/mol. The van der Waals surface area contributed by atoms with Crippen LogP contribution in [-0.4, -0.2) is 21.0 Å². The number of aromatic nitrogens is 3. The molecule has 0 bridgehead atoms. The molecule has 0 saturated heterocycles. The van der Waals surface area contributed by atoms with Crippen LogP contribution in [0.4, 0.5) is 5.82 Å². The van der Waals surface area contributed by atoms with E-state index < -0.39 is 0 Å². The Morgan fingerprint density at radius 1 is 0.960 bits per heavy atom. The molecule has 5 rings (SSSR count). The average molecular weight is 344 g/mol. The van der Waals surface area contributed by atoms with E-state index in [-0.39, 0.29) is 0 Å². The standard InChI is InChI=1S/C20H16N4S/c1-2-6-13(7-3-1)15-12-25-20-17(15)19(22-14-9-10-14)23-18(24-20)16-8-4-5-11-21-16/h1-8,11-12,14H,9-10H2,(H,22,23,24). The maximum absolute atomic E-state index is 4.83. The predicted octanol–water partition coefficient (Wildman–Crippen LogP) is 4.99. The Bertz CT molecular complexity index is 1020. The minimum atomic E-state index is 0.526. The number of fused-ring (bicyclic) bond motifs is 1. The first-order chi connectivity index (χ1) is 12.4. The first-order valence-corrected chi connectivity index (χ1v) is 9.29. The van der Waals surface area contributed by atoms with E-state index in [4.69, 9.17) is 9.97 Å². The van der Waals surface area contributed by atoms with Crippen molar-refractivity contribution in [1.82, 2.24) is 15.0 Å². The molecular weight excluding hydrogens is 328 g/mol. The molecule has 122 valence electrons. The fourth-order valence-corrected chi connectivity index (χ4v) is 3.85. The van der Waals surface area contributed by atoms with Crippen molar-refractivity contribution >= 4 is 27.4 Å². The first-order valence-electron chi connectivity index (χ1n) is 8.41. The van der Waals surface area contributed by atoms with Gasteiger partial charge in [0.25, 0.3) is 0 Å². The van der Waals surface area contributed by atoms with Crippen LogP contribution in [0.2, 0.25) is 0 Å². The van der Waals surface area contributed by atoms with E-state index in [2.05, 4.69) is 39.9 Å². The van der Waals surface area contributed by atoms with Gasteiger partial charge < -0.3 is 5.32 Å². The Kier molecular flexibility index (Phi) is 3.45. The second-order valence-electron chi connectivity index (χ2n) is 6.22. The Morgan fingerprint density at radius 2 is 1.80 bits per heavy atom. The molecule has 1 aliphatic rings. The van der Waals surface area contributed by atoms with Crippen molar-refractivity contribution in [3.8, 4) is 22.6 Å². The van der Waals surface area contributed by atoms with E-state index in [1.165, 1.54) is 24.0 Å². The summed E-state index contributed by atoms with van der Waals surface area (Å²) in [5.74, 6) is 1.60. The maximum Gasteiger partial charge on any atom is 0.181 e. The van der Waals surface area contributed by atoms with Crippen molar-refractivity contribution in [2.75, 3.05) is 5.32 Å². The summed E-state index contributed by atoms with van der Waals surface area (Å²) in [4.78, 5) is 15.0. The smallest absolute Gasteiger partial charge is 0.181 e. The molecular formula is C20H16N4S. The molecule has 3 heterocycles. The molecule has 0 aliphatic heterocycles. The highest BCUT2D eigenvalue weighted by atomic mass is 32.1. The minimum Gasteiger partial charge on any atom is -0.367 e. The van der Waals surface area contributed by atoms with Crippen LogP contribution in [0.3, 0.4) is 0 Å². The minimum absolute atomic E-state index is 0.526. The summed E-state index contributed by atoms with van der Waals surface area (Å²) < 4.78 is 0. The zero-order chi connectivity index (χ0) is 16.6. The quantitative estimate of drug-likeness (QED) is 0.566. The summed E-state index contributed by atoms with van der Waals surface area (Å²) >= 11 is 1.66. The van der Waals surface area contributed by atoms with Gasteiger partial charge in [0.15, 0.2) is 5.82 Å². The van der Waals surface area contributed by atoms with Gasteiger partial charge in [-0.25, -0.2) is 9.97 Å². The van der Waals surface area contributed by atoms with Crippen LogP contribution in [-0.2, 0) is 0 Å². The number of hydrogen-bond donors (Lipinski definition) is 1. The lowest BCUT2D eigenvalue weighted by Crippen LogP contribution is -2.05. The molecule has 5 heteroatoms. The van der Waals surface area contributed by atoms with Gasteiger partial charge in [-0.3, -0.25) is 4.98 Å². The van der Waals surface area contributed by atoms with Gasteiger partial charge in [-0.2, -0.15) is 0 Å². The Labute approximate surface area is 149 Å². The Balaban J connectivity index is 1.72. The molecule has 1 saturated carbocycles. The fraction of sp³-hybridized carbons (Fsp3) is 0.150. The van der Waals surface area contributed by atoms with Gasteiger partial charge in [0.1, 0.15) is 16.3 Å². The Hall–Kier alpha value is -2.79. The molecule has 4 aromatic rings. The number of nitrogens with one attached hydrogen (secondary N) is 1. The summed E-state index contributed by atoms with van der Waals surface area (Å²) in [6.07, 6.45) is 4.19. The lowest BCUT2D eigenvalue weighted by Gasteiger charge is -2.09. The lowest BCUT2D eigenvalue weighted by atomic mass is 10.1. The van der Waals surface area contributed by atoms with Gasteiger partial charge in [0.05, 0.1) is 5.39 Å². The predicted molar refractivity (Wildman–Crippen MR) is 103 cm³/mol. The normalized spacial score (nSPS) is 13.9. The molecule has 1 N–H and O–H groups in total. The fourth-order valence-electron chi connectivity index (χ4n) is 2.91. The SMILES string of the molecule is c1ccc(-c2csc3nc(-c4ccccn4)nc(NC4CC4)c23)cc1. The third-order valence-electron chi connectivity index (χ3n) is 4.33. The van der Waals surface area contributed by atoms with E-state index >= 15 is 0 Å². The highest BCUT2D eigenvalue weighted by molar-refractivity contribution is 7.17. The largest absolute Gasteiger partial charge is 0.367 e. The molecule has 3 aromatic heterocycles. The molecule has 1 aromatic carbocycles. The summed E-state index contributed by atoms with van der Waals surface area (Å²) in [5, 5.41) is 6.88. The highest BCUT2D eigenvalue weighted by Crippen LogP contribution is 2.39.